The summed E-state index contributed by atoms with van der Waals surface area (Å²) in [6.45, 7) is 6.86. The minimum absolute atomic E-state index is 0.184. The Bertz CT molecular complexity index is 222. The number of hydrazine groups is 1. The standard InChI is InChI=1S/C14H31N3/c1-13(2,3)12(16-15)14(17(4)5)10-8-6-7-9-11-14/h12,16H,6-11,15H2,1-5H3. The van der Waals surface area contributed by atoms with Gasteiger partial charge in [-0.25, -0.2) is 0 Å². The number of nitrogens with one attached hydrogen (secondary N) is 1. The van der Waals surface area contributed by atoms with Crippen molar-refractivity contribution in [3.8, 4) is 0 Å². The van der Waals surface area contributed by atoms with Crippen LogP contribution < -0.4 is 11.3 Å². The molecule has 0 heterocycles. The van der Waals surface area contributed by atoms with E-state index in [2.05, 4.69) is 45.2 Å². The average Bonchev–Trinajstić information content (AvgIpc) is 2.43. The van der Waals surface area contributed by atoms with E-state index in [1.54, 1.807) is 0 Å². The Morgan fingerprint density at radius 1 is 1.06 bits per heavy atom. The molecule has 0 spiro atoms. The lowest BCUT2D eigenvalue weighted by molar-refractivity contribution is 0.0293. The lowest BCUT2D eigenvalue weighted by Crippen LogP contribution is -2.65. The summed E-state index contributed by atoms with van der Waals surface area (Å²) in [4.78, 5) is 2.41. The van der Waals surface area contributed by atoms with Crippen molar-refractivity contribution >= 4 is 0 Å². The summed E-state index contributed by atoms with van der Waals surface area (Å²) >= 11 is 0. The molecule has 0 aromatic carbocycles. The molecule has 1 unspecified atom stereocenters. The van der Waals surface area contributed by atoms with E-state index < -0.39 is 0 Å². The first-order chi connectivity index (χ1) is 7.84. The first-order valence-electron chi connectivity index (χ1n) is 6.98. The van der Waals surface area contributed by atoms with E-state index in [4.69, 9.17) is 5.84 Å². The second-order valence-corrected chi connectivity index (χ2v) is 6.88. The molecule has 3 N–H and O–H groups in total. The number of hydrogen-bond acceptors (Lipinski definition) is 3. The van der Waals surface area contributed by atoms with Crippen molar-refractivity contribution in [3.63, 3.8) is 0 Å². The Kier molecular flexibility index (Phi) is 4.99. The van der Waals surface area contributed by atoms with Crippen LogP contribution in [0, 0.1) is 5.41 Å². The van der Waals surface area contributed by atoms with Crippen LogP contribution in [0.4, 0.5) is 0 Å². The van der Waals surface area contributed by atoms with Gasteiger partial charge in [0.1, 0.15) is 0 Å². The molecule has 17 heavy (non-hydrogen) atoms. The fourth-order valence-electron chi connectivity index (χ4n) is 3.55. The van der Waals surface area contributed by atoms with Crippen LogP contribution in [0.5, 0.6) is 0 Å². The summed E-state index contributed by atoms with van der Waals surface area (Å²) in [5.74, 6) is 5.89. The minimum Gasteiger partial charge on any atom is -0.302 e. The van der Waals surface area contributed by atoms with Crippen LogP contribution in [-0.2, 0) is 0 Å². The topological polar surface area (TPSA) is 41.3 Å². The van der Waals surface area contributed by atoms with Crippen LogP contribution in [0.1, 0.15) is 59.3 Å². The van der Waals surface area contributed by atoms with Crippen molar-refractivity contribution in [1.29, 1.82) is 0 Å². The molecule has 0 radical (unpaired) electrons. The van der Waals surface area contributed by atoms with Crippen LogP contribution in [0.3, 0.4) is 0 Å². The van der Waals surface area contributed by atoms with Gasteiger partial charge < -0.3 is 4.90 Å². The van der Waals surface area contributed by atoms with Gasteiger partial charge in [-0.2, -0.15) is 0 Å². The molecule has 1 fully saturated rings. The van der Waals surface area contributed by atoms with Gasteiger partial charge in [-0.15, -0.1) is 0 Å². The van der Waals surface area contributed by atoms with E-state index in [0.29, 0.717) is 6.04 Å². The molecule has 0 aromatic rings. The average molecular weight is 241 g/mol. The summed E-state index contributed by atoms with van der Waals surface area (Å²) in [5.41, 5.74) is 3.52. The summed E-state index contributed by atoms with van der Waals surface area (Å²) in [7, 11) is 4.42. The highest BCUT2D eigenvalue weighted by atomic mass is 15.3. The van der Waals surface area contributed by atoms with Gasteiger partial charge >= 0.3 is 0 Å². The van der Waals surface area contributed by atoms with Gasteiger partial charge in [-0.1, -0.05) is 46.5 Å². The molecule has 1 atom stereocenters. The Balaban J connectivity index is 3.03. The highest BCUT2D eigenvalue weighted by Crippen LogP contribution is 2.40. The normalized spacial score (nSPS) is 23.5. The monoisotopic (exact) mass is 241 g/mol. The van der Waals surface area contributed by atoms with E-state index in [1.165, 1.54) is 38.5 Å². The van der Waals surface area contributed by atoms with E-state index in [-0.39, 0.29) is 11.0 Å². The van der Waals surface area contributed by atoms with Crippen LogP contribution in [0.2, 0.25) is 0 Å². The molecule has 3 heteroatoms. The van der Waals surface area contributed by atoms with Crippen molar-refractivity contribution in [2.24, 2.45) is 11.3 Å². The number of likely N-dealkylation sites (N-methyl/N-ethyl adjacent to an activating group) is 1. The minimum atomic E-state index is 0.184. The molecule has 3 nitrogen and oxygen atoms in total. The van der Waals surface area contributed by atoms with Crippen LogP contribution in [0.15, 0.2) is 0 Å². The van der Waals surface area contributed by atoms with Crippen LogP contribution in [0.25, 0.3) is 0 Å². The molecule has 102 valence electrons. The molecule has 0 amide bonds. The largest absolute Gasteiger partial charge is 0.302 e. The first-order valence-corrected chi connectivity index (χ1v) is 6.98. The van der Waals surface area contributed by atoms with E-state index in [0.717, 1.165) is 0 Å². The molecule has 0 saturated heterocycles. The predicted octanol–water partition coefficient (Wildman–Crippen LogP) is 2.52. The molecular formula is C14H31N3. The SMILES string of the molecule is CN(C)C1(C(NN)C(C)(C)C)CCCCCC1. The van der Waals surface area contributed by atoms with Gasteiger partial charge in [-0.05, 0) is 32.4 Å². The Hall–Kier alpha value is -0.120. The van der Waals surface area contributed by atoms with Crippen molar-refractivity contribution < 1.29 is 0 Å². The van der Waals surface area contributed by atoms with Gasteiger partial charge in [0.15, 0.2) is 0 Å². The summed E-state index contributed by atoms with van der Waals surface area (Å²) in [6, 6.07) is 0.336. The third-order valence-electron chi connectivity index (χ3n) is 4.43. The quantitative estimate of drug-likeness (QED) is 0.453. The molecule has 1 rings (SSSR count). The summed E-state index contributed by atoms with van der Waals surface area (Å²) < 4.78 is 0. The number of nitrogens with two attached hydrogens (primary N) is 1. The molecule has 0 aromatic heterocycles. The lowest BCUT2D eigenvalue weighted by Gasteiger charge is -2.50. The fourth-order valence-corrected chi connectivity index (χ4v) is 3.55. The fraction of sp³-hybridized carbons (Fsp3) is 1.00. The second kappa shape index (κ2) is 5.68. The smallest absolute Gasteiger partial charge is 0.0442 e. The lowest BCUT2D eigenvalue weighted by atomic mass is 9.70. The van der Waals surface area contributed by atoms with Gasteiger partial charge in [-0.3, -0.25) is 11.3 Å². The van der Waals surface area contributed by atoms with Crippen LogP contribution in [-0.4, -0.2) is 30.6 Å². The zero-order chi connectivity index (χ0) is 13.1. The summed E-state index contributed by atoms with van der Waals surface area (Å²) in [6.07, 6.45) is 7.91. The zero-order valence-corrected chi connectivity index (χ0v) is 12.3. The summed E-state index contributed by atoms with van der Waals surface area (Å²) in [5, 5.41) is 0. The Morgan fingerprint density at radius 2 is 1.53 bits per heavy atom. The molecule has 1 saturated carbocycles. The highest BCUT2D eigenvalue weighted by molar-refractivity contribution is 5.03. The maximum atomic E-state index is 5.89. The Morgan fingerprint density at radius 3 is 1.82 bits per heavy atom. The number of nitrogens with zero attached hydrogens (tertiary/aromatic N) is 1. The zero-order valence-electron chi connectivity index (χ0n) is 12.3. The van der Waals surface area contributed by atoms with Gasteiger partial charge in [0.05, 0.1) is 0 Å². The van der Waals surface area contributed by atoms with E-state index >= 15 is 0 Å². The molecular weight excluding hydrogens is 210 g/mol. The molecule has 0 aliphatic heterocycles. The highest BCUT2D eigenvalue weighted by Gasteiger charge is 2.45. The first kappa shape index (κ1) is 14.9. The van der Waals surface area contributed by atoms with Crippen molar-refractivity contribution in [2.75, 3.05) is 14.1 Å². The molecule has 1 aliphatic carbocycles. The van der Waals surface area contributed by atoms with Crippen molar-refractivity contribution in [2.45, 2.75) is 70.9 Å². The molecule has 1 aliphatic rings. The van der Waals surface area contributed by atoms with Gasteiger partial charge in [0.2, 0.25) is 0 Å². The van der Waals surface area contributed by atoms with Gasteiger partial charge in [0.25, 0.3) is 0 Å². The van der Waals surface area contributed by atoms with Crippen molar-refractivity contribution in [3.05, 3.63) is 0 Å². The van der Waals surface area contributed by atoms with Gasteiger partial charge in [0, 0.05) is 11.6 Å². The number of rotatable bonds is 3. The maximum Gasteiger partial charge on any atom is 0.0442 e. The number of hydrogen-bond donors (Lipinski definition) is 2. The van der Waals surface area contributed by atoms with E-state index in [9.17, 15) is 0 Å². The second-order valence-electron chi connectivity index (χ2n) is 6.88. The Labute approximate surface area is 107 Å². The third-order valence-corrected chi connectivity index (χ3v) is 4.43. The van der Waals surface area contributed by atoms with Crippen molar-refractivity contribution in [1.82, 2.24) is 10.3 Å². The van der Waals surface area contributed by atoms with Crippen LogP contribution >= 0.6 is 0 Å². The molecule has 0 bridgehead atoms. The third kappa shape index (κ3) is 3.21. The van der Waals surface area contributed by atoms with E-state index in [1.807, 2.05) is 0 Å². The maximum absolute atomic E-state index is 5.89. The predicted molar refractivity (Wildman–Crippen MR) is 74.7 cm³/mol.